The van der Waals surface area contributed by atoms with Gasteiger partial charge >= 0.3 is 12.4 Å². The Morgan fingerprint density at radius 1 is 1.03 bits per heavy atom. The molecule has 1 fully saturated rings. The van der Waals surface area contributed by atoms with Gasteiger partial charge in [-0.05, 0) is 37.6 Å². The Hall–Kier alpha value is -2.31. The summed E-state index contributed by atoms with van der Waals surface area (Å²) >= 11 is 0. The van der Waals surface area contributed by atoms with Gasteiger partial charge in [0.25, 0.3) is 5.91 Å². The minimum Gasteiger partial charge on any atom is -0.484 e. The fourth-order valence-electron chi connectivity index (χ4n) is 2.64. The Bertz CT molecular complexity index is 661. The van der Waals surface area contributed by atoms with Gasteiger partial charge in [0.05, 0.1) is 5.56 Å². The highest BCUT2D eigenvalue weighted by atomic mass is 20.0. The fraction of sp³-hybridized carbons (Fsp3) is 0.588. The van der Waals surface area contributed by atoms with Crippen molar-refractivity contribution in [2.75, 3.05) is 26.3 Å². The van der Waals surface area contributed by atoms with E-state index in [2.05, 4.69) is 20.1 Å². The summed E-state index contributed by atoms with van der Waals surface area (Å²) in [4.78, 5) is 12.4. The first-order chi connectivity index (χ1) is 14.0. The lowest BCUT2D eigenvalue weighted by Gasteiger charge is -2.24. The molecule has 1 aromatic rings. The molecule has 0 radical (unpaired) electrons. The van der Waals surface area contributed by atoms with Crippen molar-refractivity contribution in [2.24, 2.45) is 0 Å². The Labute approximate surface area is 166 Å². The number of amides is 1. The van der Waals surface area contributed by atoms with Crippen LogP contribution < -0.4 is 20.1 Å². The minimum atomic E-state index is -4.63. The molecule has 0 saturated carbocycles. The first-order valence-corrected chi connectivity index (χ1v) is 8.72. The van der Waals surface area contributed by atoms with E-state index in [9.17, 15) is 31.1 Å². The SMILES string of the molecule is FF.O=C(NCC1CCCCN1)c1cc(OCC(F)(F)F)ccc1OCC(F)(F)F. The highest BCUT2D eigenvalue weighted by Gasteiger charge is 2.30. The molecule has 172 valence electrons. The third kappa shape index (κ3) is 9.94. The first kappa shape index (κ1) is 25.7. The summed E-state index contributed by atoms with van der Waals surface area (Å²) in [6, 6.07) is 2.94. The zero-order chi connectivity index (χ0) is 22.8. The average Bonchev–Trinajstić information content (AvgIpc) is 2.70. The molecule has 2 rings (SSSR count). The largest absolute Gasteiger partial charge is 0.484 e. The van der Waals surface area contributed by atoms with Crippen molar-refractivity contribution in [3.8, 4) is 11.5 Å². The number of halogens is 8. The summed E-state index contributed by atoms with van der Waals surface area (Å²) in [5.74, 6) is -1.47. The molecule has 1 heterocycles. The summed E-state index contributed by atoms with van der Waals surface area (Å²) in [7, 11) is 0. The predicted octanol–water partition coefficient (Wildman–Crippen LogP) is 4.28. The molecule has 1 aromatic carbocycles. The molecule has 0 aliphatic carbocycles. The van der Waals surface area contributed by atoms with Crippen molar-refractivity contribution in [1.29, 1.82) is 0 Å². The quantitative estimate of drug-likeness (QED) is 0.607. The van der Waals surface area contributed by atoms with E-state index in [1.54, 1.807) is 0 Å². The molecule has 5 nitrogen and oxygen atoms in total. The molecule has 1 aliphatic rings. The van der Waals surface area contributed by atoms with E-state index in [0.717, 1.165) is 44.0 Å². The van der Waals surface area contributed by atoms with Crippen LogP contribution in [0.3, 0.4) is 0 Å². The Balaban J connectivity index is 0.00000218. The first-order valence-electron chi connectivity index (χ1n) is 8.72. The topological polar surface area (TPSA) is 59.6 Å². The number of hydrogen-bond acceptors (Lipinski definition) is 4. The van der Waals surface area contributed by atoms with Gasteiger partial charge in [-0.1, -0.05) is 6.42 Å². The van der Waals surface area contributed by atoms with Crippen molar-refractivity contribution < 1.29 is 49.8 Å². The van der Waals surface area contributed by atoms with Crippen molar-refractivity contribution >= 4 is 5.91 Å². The Kier molecular flexibility index (Phi) is 10.1. The molecule has 2 N–H and O–H groups in total. The van der Waals surface area contributed by atoms with Crippen LogP contribution in [0.5, 0.6) is 11.5 Å². The highest BCUT2D eigenvalue weighted by Crippen LogP contribution is 2.28. The summed E-state index contributed by atoms with van der Waals surface area (Å²) in [6.45, 7) is -2.21. The van der Waals surface area contributed by atoms with Crippen LogP contribution in [-0.4, -0.2) is 50.6 Å². The van der Waals surface area contributed by atoms with Crippen LogP contribution in [0.4, 0.5) is 35.5 Å². The number of alkyl halides is 6. The fourth-order valence-corrected chi connectivity index (χ4v) is 2.64. The van der Waals surface area contributed by atoms with Crippen LogP contribution in [-0.2, 0) is 0 Å². The molecule has 1 aliphatic heterocycles. The lowest BCUT2D eigenvalue weighted by molar-refractivity contribution is -0.154. The van der Waals surface area contributed by atoms with Gasteiger partial charge in [-0.2, -0.15) is 26.3 Å². The molecule has 1 atom stereocenters. The maximum absolute atomic E-state index is 12.4. The maximum atomic E-state index is 12.4. The molecule has 13 heteroatoms. The van der Waals surface area contributed by atoms with Crippen LogP contribution in [0.15, 0.2) is 18.2 Å². The molecular formula is C17H20F8N2O3. The molecule has 0 aromatic heterocycles. The van der Waals surface area contributed by atoms with Gasteiger partial charge in [-0.25, -0.2) is 0 Å². The normalized spacial score (nSPS) is 16.9. The van der Waals surface area contributed by atoms with Gasteiger partial charge in [0.1, 0.15) is 11.5 Å². The zero-order valence-corrected chi connectivity index (χ0v) is 15.5. The Morgan fingerprint density at radius 3 is 2.23 bits per heavy atom. The summed E-state index contributed by atoms with van der Waals surface area (Å²) in [5.41, 5.74) is -0.334. The second-order valence-electron chi connectivity index (χ2n) is 6.32. The van der Waals surface area contributed by atoms with Gasteiger partial charge in [0.15, 0.2) is 13.2 Å². The van der Waals surface area contributed by atoms with Gasteiger partial charge in [-0.3, -0.25) is 4.79 Å². The zero-order valence-electron chi connectivity index (χ0n) is 15.5. The van der Waals surface area contributed by atoms with Crippen LogP contribution in [0, 0.1) is 0 Å². The van der Waals surface area contributed by atoms with E-state index >= 15 is 0 Å². The van der Waals surface area contributed by atoms with Crippen LogP contribution >= 0.6 is 0 Å². The maximum Gasteiger partial charge on any atom is 0.422 e. The van der Waals surface area contributed by atoms with E-state index in [1.165, 1.54) is 0 Å². The molecule has 30 heavy (non-hydrogen) atoms. The third-order valence-corrected chi connectivity index (χ3v) is 3.91. The van der Waals surface area contributed by atoms with Gasteiger partial charge in [-0.15, -0.1) is 0 Å². The summed E-state index contributed by atoms with van der Waals surface area (Å²) in [6.07, 6.45) is -6.41. The van der Waals surface area contributed by atoms with E-state index < -0.39 is 37.2 Å². The Morgan fingerprint density at radius 2 is 1.67 bits per heavy atom. The number of nitrogens with one attached hydrogen (secondary N) is 2. The lowest BCUT2D eigenvalue weighted by Crippen LogP contribution is -2.43. The number of piperidine rings is 1. The van der Waals surface area contributed by atoms with E-state index in [1.807, 2.05) is 0 Å². The lowest BCUT2D eigenvalue weighted by atomic mass is 10.0. The second kappa shape index (κ2) is 11.8. The molecular weight excluding hydrogens is 432 g/mol. The standard InChI is InChI=1S/C17H20F6N2O3.F2/c18-16(19,20)9-27-12-4-5-14(28-10-17(21,22)23)13(7-12)15(26)25-8-11-3-1-2-6-24-11;1-2/h4-5,7,11,24H,1-3,6,8-10H2,(H,25,26);. The molecule has 1 amide bonds. The smallest absolute Gasteiger partial charge is 0.422 e. The predicted molar refractivity (Wildman–Crippen MR) is 89.7 cm³/mol. The van der Waals surface area contributed by atoms with E-state index in [-0.39, 0.29) is 23.9 Å². The third-order valence-electron chi connectivity index (χ3n) is 3.91. The van der Waals surface area contributed by atoms with Crippen molar-refractivity contribution in [1.82, 2.24) is 10.6 Å². The minimum absolute atomic E-state index is 0.0157. The average molecular weight is 452 g/mol. The van der Waals surface area contributed by atoms with Crippen LogP contribution in [0.1, 0.15) is 29.6 Å². The number of rotatable bonds is 7. The number of carbonyl (C=O) groups excluding carboxylic acids is 1. The van der Waals surface area contributed by atoms with Crippen molar-refractivity contribution in [3.05, 3.63) is 23.8 Å². The number of carbonyl (C=O) groups is 1. The van der Waals surface area contributed by atoms with E-state index in [0.29, 0.717) is 0 Å². The molecule has 0 bridgehead atoms. The number of benzene rings is 1. The van der Waals surface area contributed by atoms with Gasteiger partial charge in [0.2, 0.25) is 0 Å². The van der Waals surface area contributed by atoms with E-state index in [4.69, 9.17) is 9.15 Å². The summed E-state index contributed by atoms with van der Waals surface area (Å²) in [5, 5.41) is 5.75. The second-order valence-corrected chi connectivity index (χ2v) is 6.32. The van der Waals surface area contributed by atoms with Gasteiger partial charge < -0.3 is 20.1 Å². The van der Waals surface area contributed by atoms with Crippen molar-refractivity contribution in [3.63, 3.8) is 0 Å². The summed E-state index contributed by atoms with van der Waals surface area (Å²) < 4.78 is 99.3. The highest BCUT2D eigenvalue weighted by molar-refractivity contribution is 5.97. The van der Waals surface area contributed by atoms with Crippen molar-refractivity contribution in [2.45, 2.75) is 37.7 Å². The monoisotopic (exact) mass is 452 g/mol. The molecule has 1 saturated heterocycles. The molecule has 0 spiro atoms. The number of hydrogen-bond donors (Lipinski definition) is 2. The van der Waals surface area contributed by atoms with Crippen LogP contribution in [0.2, 0.25) is 0 Å². The van der Waals surface area contributed by atoms with Crippen LogP contribution in [0.25, 0.3) is 0 Å². The number of ether oxygens (including phenoxy) is 2. The molecule has 1 unspecified atom stereocenters. The van der Waals surface area contributed by atoms with Gasteiger partial charge in [0, 0.05) is 21.7 Å².